The van der Waals surface area contributed by atoms with Gasteiger partial charge < -0.3 is 5.32 Å². The molecule has 0 saturated heterocycles. The van der Waals surface area contributed by atoms with Crippen molar-refractivity contribution in [1.29, 1.82) is 0 Å². The first kappa shape index (κ1) is 16.7. The summed E-state index contributed by atoms with van der Waals surface area (Å²) in [6.07, 6.45) is 1.14. The van der Waals surface area contributed by atoms with Gasteiger partial charge in [-0.25, -0.2) is 4.98 Å². The minimum absolute atomic E-state index is 0.00103. The first-order valence-corrected chi connectivity index (χ1v) is 8.97. The molecule has 0 radical (unpaired) electrons. The maximum Gasteiger partial charge on any atom is 0.226 e. The summed E-state index contributed by atoms with van der Waals surface area (Å²) in [6, 6.07) is 17.7. The summed E-state index contributed by atoms with van der Waals surface area (Å²) >= 11 is 7.43. The zero-order valence-electron chi connectivity index (χ0n) is 13.0. The van der Waals surface area contributed by atoms with Gasteiger partial charge in [0.25, 0.3) is 0 Å². The van der Waals surface area contributed by atoms with E-state index in [1.165, 1.54) is 16.9 Å². The van der Waals surface area contributed by atoms with E-state index in [1.54, 1.807) is 0 Å². The van der Waals surface area contributed by atoms with Crippen LogP contribution >= 0.6 is 22.9 Å². The Kier molecular flexibility index (Phi) is 5.62. The summed E-state index contributed by atoms with van der Waals surface area (Å²) in [6.45, 7) is 0.636. The summed E-state index contributed by atoms with van der Waals surface area (Å²) < 4.78 is 0. The number of amides is 1. The zero-order valence-corrected chi connectivity index (χ0v) is 14.6. The van der Waals surface area contributed by atoms with Gasteiger partial charge in [0.05, 0.1) is 12.1 Å². The summed E-state index contributed by atoms with van der Waals surface area (Å²) in [4.78, 5) is 16.6. The van der Waals surface area contributed by atoms with Crippen LogP contribution in [0.5, 0.6) is 0 Å². The van der Waals surface area contributed by atoms with Crippen LogP contribution in [0.25, 0.3) is 10.6 Å². The lowest BCUT2D eigenvalue weighted by molar-refractivity contribution is -0.120. The molecule has 2 aromatic carbocycles. The van der Waals surface area contributed by atoms with Gasteiger partial charge in [0.1, 0.15) is 5.01 Å². The molecule has 1 amide bonds. The Bertz CT molecular complexity index is 800. The number of halogens is 1. The van der Waals surface area contributed by atoms with Gasteiger partial charge in [-0.1, -0.05) is 54.1 Å². The van der Waals surface area contributed by atoms with Crippen LogP contribution in [0, 0.1) is 0 Å². The number of benzene rings is 2. The minimum atomic E-state index is -0.00103. The molecule has 1 N–H and O–H groups in total. The molecule has 0 saturated carbocycles. The molecule has 5 heteroatoms. The molecule has 3 rings (SSSR count). The molecule has 0 atom stereocenters. The molecule has 0 unspecified atom stereocenters. The smallest absolute Gasteiger partial charge is 0.226 e. The molecular weight excluding hydrogens is 340 g/mol. The van der Waals surface area contributed by atoms with Crippen molar-refractivity contribution < 1.29 is 4.79 Å². The van der Waals surface area contributed by atoms with E-state index in [2.05, 4.69) is 22.4 Å². The number of carbonyl (C=O) groups is 1. The summed E-state index contributed by atoms with van der Waals surface area (Å²) in [5, 5.41) is 6.48. The number of thiazole rings is 1. The van der Waals surface area contributed by atoms with Crippen LogP contribution in [-0.2, 0) is 17.6 Å². The number of hydrogen-bond acceptors (Lipinski definition) is 3. The van der Waals surface area contributed by atoms with Gasteiger partial charge >= 0.3 is 0 Å². The fraction of sp³-hybridized carbons (Fsp3) is 0.158. The molecule has 1 heterocycles. The minimum Gasteiger partial charge on any atom is -0.355 e. The number of nitrogens with zero attached hydrogens (tertiary/aromatic N) is 1. The number of aromatic nitrogens is 1. The Morgan fingerprint density at radius 2 is 1.83 bits per heavy atom. The maximum atomic E-state index is 12.0. The average molecular weight is 357 g/mol. The second-order valence-electron chi connectivity index (χ2n) is 5.41. The first-order valence-electron chi connectivity index (χ1n) is 7.72. The van der Waals surface area contributed by atoms with E-state index in [1.807, 2.05) is 47.8 Å². The Hall–Kier alpha value is -2.17. The van der Waals surface area contributed by atoms with E-state index < -0.39 is 0 Å². The highest BCUT2D eigenvalue weighted by Crippen LogP contribution is 2.25. The Balaban J connectivity index is 1.51. The van der Waals surface area contributed by atoms with Gasteiger partial charge in [-0.15, -0.1) is 11.3 Å². The van der Waals surface area contributed by atoms with Crippen LogP contribution in [0.2, 0.25) is 5.02 Å². The fourth-order valence-electron chi connectivity index (χ4n) is 2.33. The molecule has 0 spiro atoms. The van der Waals surface area contributed by atoms with Crippen molar-refractivity contribution in [1.82, 2.24) is 10.3 Å². The quantitative estimate of drug-likeness (QED) is 0.712. The van der Waals surface area contributed by atoms with Crippen LogP contribution < -0.4 is 5.32 Å². The zero-order chi connectivity index (χ0) is 16.8. The molecule has 3 nitrogen and oxygen atoms in total. The highest BCUT2D eigenvalue weighted by atomic mass is 35.5. The topological polar surface area (TPSA) is 42.0 Å². The summed E-state index contributed by atoms with van der Waals surface area (Å²) in [5.41, 5.74) is 3.03. The standard InChI is InChI=1S/C19H17ClN2OS/c20-16-8-6-15(7-9-16)19-22-17(13-24-19)12-18(23)21-11-10-14-4-2-1-3-5-14/h1-9,13H,10-12H2,(H,21,23). The molecule has 1 aromatic heterocycles. The first-order chi connectivity index (χ1) is 11.7. The second kappa shape index (κ2) is 8.08. The predicted octanol–water partition coefficient (Wildman–Crippen LogP) is 4.36. The monoisotopic (exact) mass is 356 g/mol. The average Bonchev–Trinajstić information content (AvgIpc) is 3.05. The van der Waals surface area contributed by atoms with Gasteiger partial charge in [-0.05, 0) is 24.1 Å². The number of nitrogens with one attached hydrogen (secondary N) is 1. The van der Waals surface area contributed by atoms with Crippen LogP contribution in [0.15, 0.2) is 60.0 Å². The van der Waals surface area contributed by atoms with E-state index in [9.17, 15) is 4.79 Å². The van der Waals surface area contributed by atoms with Crippen molar-refractivity contribution >= 4 is 28.8 Å². The van der Waals surface area contributed by atoms with Crippen molar-refractivity contribution in [2.24, 2.45) is 0 Å². The molecular formula is C19H17ClN2OS. The Morgan fingerprint density at radius 3 is 2.58 bits per heavy atom. The number of rotatable bonds is 6. The van der Waals surface area contributed by atoms with Gasteiger partial charge in [0, 0.05) is 22.5 Å². The van der Waals surface area contributed by atoms with E-state index in [0.29, 0.717) is 18.0 Å². The second-order valence-corrected chi connectivity index (χ2v) is 6.71. The highest BCUT2D eigenvalue weighted by molar-refractivity contribution is 7.13. The van der Waals surface area contributed by atoms with E-state index in [4.69, 9.17) is 11.6 Å². The van der Waals surface area contributed by atoms with Crippen molar-refractivity contribution in [3.8, 4) is 10.6 Å². The molecule has 24 heavy (non-hydrogen) atoms. The van der Waals surface area contributed by atoms with E-state index in [-0.39, 0.29) is 5.91 Å². The van der Waals surface area contributed by atoms with Crippen molar-refractivity contribution in [2.75, 3.05) is 6.54 Å². The third kappa shape index (κ3) is 4.66. The van der Waals surface area contributed by atoms with Gasteiger partial charge in [-0.3, -0.25) is 4.79 Å². The van der Waals surface area contributed by atoms with Gasteiger partial charge in [0.2, 0.25) is 5.91 Å². The fourth-order valence-corrected chi connectivity index (χ4v) is 3.28. The van der Waals surface area contributed by atoms with E-state index >= 15 is 0 Å². The maximum absolute atomic E-state index is 12.0. The largest absolute Gasteiger partial charge is 0.355 e. The van der Waals surface area contributed by atoms with Crippen LogP contribution in [0.3, 0.4) is 0 Å². The summed E-state index contributed by atoms with van der Waals surface area (Å²) in [5.74, 6) is -0.00103. The SMILES string of the molecule is O=C(Cc1csc(-c2ccc(Cl)cc2)n1)NCCc1ccccc1. The Labute approximate surface area is 150 Å². The summed E-state index contributed by atoms with van der Waals surface area (Å²) in [7, 11) is 0. The molecule has 0 aliphatic carbocycles. The van der Waals surface area contributed by atoms with Crippen LogP contribution in [-0.4, -0.2) is 17.4 Å². The molecule has 3 aromatic rings. The third-order valence-corrected chi connectivity index (χ3v) is 4.76. The lowest BCUT2D eigenvalue weighted by Crippen LogP contribution is -2.27. The normalized spacial score (nSPS) is 10.5. The predicted molar refractivity (Wildman–Crippen MR) is 99.4 cm³/mol. The molecule has 122 valence electrons. The molecule has 0 bridgehead atoms. The van der Waals surface area contributed by atoms with Gasteiger partial charge in [-0.2, -0.15) is 0 Å². The lowest BCUT2D eigenvalue weighted by atomic mass is 10.1. The molecule has 0 aliphatic heterocycles. The Morgan fingerprint density at radius 1 is 1.08 bits per heavy atom. The third-order valence-electron chi connectivity index (χ3n) is 3.56. The highest BCUT2D eigenvalue weighted by Gasteiger charge is 2.09. The van der Waals surface area contributed by atoms with Crippen molar-refractivity contribution in [3.63, 3.8) is 0 Å². The van der Waals surface area contributed by atoms with E-state index in [0.717, 1.165) is 22.7 Å². The van der Waals surface area contributed by atoms with Crippen molar-refractivity contribution in [3.05, 3.63) is 76.3 Å². The number of hydrogen-bond donors (Lipinski definition) is 1. The molecule has 0 aliphatic rings. The lowest BCUT2D eigenvalue weighted by Gasteiger charge is -2.04. The van der Waals surface area contributed by atoms with Crippen molar-refractivity contribution in [2.45, 2.75) is 12.8 Å². The van der Waals surface area contributed by atoms with Crippen LogP contribution in [0.4, 0.5) is 0 Å². The number of carbonyl (C=O) groups excluding carboxylic acids is 1. The molecule has 0 fully saturated rings. The van der Waals surface area contributed by atoms with Gasteiger partial charge in [0.15, 0.2) is 0 Å². The van der Waals surface area contributed by atoms with Crippen LogP contribution in [0.1, 0.15) is 11.3 Å².